The van der Waals surface area contributed by atoms with Gasteiger partial charge in [-0.1, -0.05) is 6.07 Å². The van der Waals surface area contributed by atoms with Crippen LogP contribution >= 0.6 is 0 Å². The fourth-order valence-electron chi connectivity index (χ4n) is 3.12. The van der Waals surface area contributed by atoms with Crippen LogP contribution in [-0.2, 0) is 14.8 Å². The molecular formula is C19H19N3O3S. The summed E-state index contributed by atoms with van der Waals surface area (Å²) < 4.78 is 27.5. The Morgan fingerprint density at radius 1 is 1.12 bits per heavy atom. The van der Waals surface area contributed by atoms with Crippen LogP contribution in [0.3, 0.4) is 0 Å². The lowest BCUT2D eigenvalue weighted by molar-refractivity contribution is -0.118. The van der Waals surface area contributed by atoms with Crippen LogP contribution in [-0.4, -0.2) is 26.9 Å². The number of amides is 1. The van der Waals surface area contributed by atoms with Crippen molar-refractivity contribution < 1.29 is 13.2 Å². The Kier molecular flexibility index (Phi) is 4.81. The molecule has 1 aliphatic heterocycles. The van der Waals surface area contributed by atoms with Crippen molar-refractivity contribution in [1.29, 1.82) is 5.26 Å². The second-order valence-electron chi connectivity index (χ2n) is 6.43. The smallest absolute Gasteiger partial charge is 0.245 e. The van der Waals surface area contributed by atoms with Crippen LogP contribution in [0.2, 0.25) is 0 Å². The molecule has 2 aromatic carbocycles. The van der Waals surface area contributed by atoms with E-state index in [0.29, 0.717) is 18.5 Å². The quantitative estimate of drug-likeness (QED) is 0.895. The standard InChI is InChI=1S/C19H19N3O3S/c1-13-9-14(2)11-16(10-13)22-8-7-18(19(22)23)21-26(24,25)17-5-3-15(12-20)4-6-17/h3-6,9-11,18,21H,7-8H2,1-2H3/t18-/m1/s1. The molecule has 6 nitrogen and oxygen atoms in total. The second-order valence-corrected chi connectivity index (χ2v) is 8.15. The molecule has 1 amide bonds. The first-order valence-corrected chi connectivity index (χ1v) is 9.70. The number of nitrogens with one attached hydrogen (secondary N) is 1. The van der Waals surface area contributed by atoms with Gasteiger partial charge in [0.15, 0.2) is 0 Å². The van der Waals surface area contributed by atoms with E-state index in [4.69, 9.17) is 5.26 Å². The number of rotatable bonds is 4. The second kappa shape index (κ2) is 6.90. The van der Waals surface area contributed by atoms with E-state index >= 15 is 0 Å². The number of carbonyl (C=O) groups is 1. The number of sulfonamides is 1. The first-order valence-electron chi connectivity index (χ1n) is 8.22. The summed E-state index contributed by atoms with van der Waals surface area (Å²) in [5.41, 5.74) is 3.26. The van der Waals surface area contributed by atoms with Crippen LogP contribution in [0.1, 0.15) is 23.1 Å². The van der Waals surface area contributed by atoms with Gasteiger partial charge in [0.05, 0.1) is 16.5 Å². The molecule has 3 rings (SSSR count). The Balaban J connectivity index is 1.78. The van der Waals surface area contributed by atoms with E-state index in [-0.39, 0.29) is 10.8 Å². The third kappa shape index (κ3) is 3.62. The predicted molar refractivity (Wildman–Crippen MR) is 98.2 cm³/mol. The number of benzene rings is 2. The van der Waals surface area contributed by atoms with Gasteiger partial charge in [-0.05, 0) is 67.8 Å². The molecule has 1 N–H and O–H groups in total. The molecule has 0 aliphatic carbocycles. The van der Waals surface area contributed by atoms with E-state index in [9.17, 15) is 13.2 Å². The van der Waals surface area contributed by atoms with Gasteiger partial charge in [-0.25, -0.2) is 8.42 Å². The third-order valence-corrected chi connectivity index (χ3v) is 5.80. The normalized spacial score (nSPS) is 17.3. The van der Waals surface area contributed by atoms with Crippen LogP contribution in [0.4, 0.5) is 5.69 Å². The van der Waals surface area contributed by atoms with Gasteiger partial charge in [0.2, 0.25) is 15.9 Å². The van der Waals surface area contributed by atoms with Gasteiger partial charge >= 0.3 is 0 Å². The molecule has 7 heteroatoms. The zero-order chi connectivity index (χ0) is 18.9. The number of hydrogen-bond donors (Lipinski definition) is 1. The molecule has 1 heterocycles. The molecule has 2 aromatic rings. The summed E-state index contributed by atoms with van der Waals surface area (Å²) in [6.07, 6.45) is 0.404. The van der Waals surface area contributed by atoms with Crippen LogP contribution in [0.5, 0.6) is 0 Å². The highest BCUT2D eigenvalue weighted by atomic mass is 32.2. The van der Waals surface area contributed by atoms with Crippen molar-refractivity contribution in [3.8, 4) is 6.07 Å². The minimum absolute atomic E-state index is 0.0363. The monoisotopic (exact) mass is 369 g/mol. The van der Waals surface area contributed by atoms with Gasteiger partial charge in [0.1, 0.15) is 6.04 Å². The molecule has 134 valence electrons. The summed E-state index contributed by atoms with van der Waals surface area (Å²) >= 11 is 0. The Morgan fingerprint density at radius 2 is 1.73 bits per heavy atom. The summed E-state index contributed by atoms with van der Waals surface area (Å²) in [5.74, 6) is -0.257. The van der Waals surface area contributed by atoms with Gasteiger partial charge in [-0.3, -0.25) is 4.79 Å². The van der Waals surface area contributed by atoms with E-state index in [0.717, 1.165) is 16.8 Å². The predicted octanol–water partition coefficient (Wildman–Crippen LogP) is 2.26. The minimum Gasteiger partial charge on any atom is -0.311 e. The highest BCUT2D eigenvalue weighted by Crippen LogP contribution is 2.25. The number of aryl methyl sites for hydroxylation is 2. The summed E-state index contributed by atoms with van der Waals surface area (Å²) in [7, 11) is -3.83. The van der Waals surface area contributed by atoms with Crippen molar-refractivity contribution in [3.05, 3.63) is 59.2 Å². The number of nitrogens with zero attached hydrogens (tertiary/aromatic N) is 2. The lowest BCUT2D eigenvalue weighted by Gasteiger charge is -2.18. The van der Waals surface area contributed by atoms with Crippen LogP contribution in [0.15, 0.2) is 47.4 Å². The largest absolute Gasteiger partial charge is 0.311 e. The van der Waals surface area contributed by atoms with E-state index in [1.807, 2.05) is 38.1 Å². The van der Waals surface area contributed by atoms with Crippen molar-refractivity contribution in [2.75, 3.05) is 11.4 Å². The van der Waals surface area contributed by atoms with Gasteiger partial charge < -0.3 is 4.90 Å². The molecule has 0 radical (unpaired) electrons. The maximum absolute atomic E-state index is 12.7. The van der Waals surface area contributed by atoms with Crippen LogP contribution in [0.25, 0.3) is 0 Å². The van der Waals surface area contributed by atoms with E-state index in [1.54, 1.807) is 4.90 Å². The van der Waals surface area contributed by atoms with Gasteiger partial charge in [-0.2, -0.15) is 9.98 Å². The molecule has 0 saturated carbocycles. The molecular weight excluding hydrogens is 350 g/mol. The summed E-state index contributed by atoms with van der Waals surface area (Å²) in [4.78, 5) is 14.3. The van der Waals surface area contributed by atoms with Crippen LogP contribution in [0, 0.1) is 25.2 Å². The molecule has 1 saturated heterocycles. The average molecular weight is 369 g/mol. The number of nitriles is 1. The zero-order valence-corrected chi connectivity index (χ0v) is 15.4. The molecule has 26 heavy (non-hydrogen) atoms. The maximum Gasteiger partial charge on any atom is 0.245 e. The molecule has 0 aromatic heterocycles. The summed E-state index contributed by atoms with van der Waals surface area (Å²) in [6.45, 7) is 4.38. The van der Waals surface area contributed by atoms with Crippen molar-refractivity contribution in [2.45, 2.75) is 31.2 Å². The molecule has 1 atom stereocenters. The lowest BCUT2D eigenvalue weighted by atomic mass is 10.1. The van der Waals surface area contributed by atoms with E-state index in [2.05, 4.69) is 4.72 Å². The molecule has 1 aliphatic rings. The molecule has 0 unspecified atom stereocenters. The Bertz CT molecular complexity index is 971. The van der Waals surface area contributed by atoms with Crippen molar-refractivity contribution >= 4 is 21.6 Å². The molecule has 1 fully saturated rings. The highest BCUT2D eigenvalue weighted by molar-refractivity contribution is 7.89. The summed E-state index contributed by atoms with van der Waals surface area (Å²) in [5, 5.41) is 8.81. The van der Waals surface area contributed by atoms with Crippen molar-refractivity contribution in [2.24, 2.45) is 0 Å². The first kappa shape index (κ1) is 18.1. The van der Waals surface area contributed by atoms with Gasteiger partial charge in [-0.15, -0.1) is 0 Å². The van der Waals surface area contributed by atoms with E-state index < -0.39 is 16.1 Å². The topological polar surface area (TPSA) is 90.3 Å². The first-order chi connectivity index (χ1) is 12.3. The van der Waals surface area contributed by atoms with E-state index in [1.165, 1.54) is 24.3 Å². The minimum atomic E-state index is -3.83. The van der Waals surface area contributed by atoms with Crippen molar-refractivity contribution in [3.63, 3.8) is 0 Å². The SMILES string of the molecule is Cc1cc(C)cc(N2CC[C@@H](NS(=O)(=O)c3ccc(C#N)cc3)C2=O)c1. The van der Waals surface area contributed by atoms with Crippen molar-refractivity contribution in [1.82, 2.24) is 4.72 Å². The fourth-order valence-corrected chi connectivity index (χ4v) is 4.34. The Labute approximate surface area is 153 Å². The maximum atomic E-state index is 12.7. The molecule has 0 bridgehead atoms. The third-order valence-electron chi connectivity index (χ3n) is 4.31. The fraction of sp³-hybridized carbons (Fsp3) is 0.263. The number of hydrogen-bond acceptors (Lipinski definition) is 4. The zero-order valence-electron chi connectivity index (χ0n) is 14.6. The van der Waals surface area contributed by atoms with Gasteiger partial charge in [0, 0.05) is 12.2 Å². The summed E-state index contributed by atoms with van der Waals surface area (Å²) in [6, 6.07) is 12.6. The number of carbonyl (C=O) groups excluding carboxylic acids is 1. The van der Waals surface area contributed by atoms with Gasteiger partial charge in [0.25, 0.3) is 0 Å². The Morgan fingerprint density at radius 3 is 2.31 bits per heavy atom. The Hall–Kier alpha value is -2.69. The highest BCUT2D eigenvalue weighted by Gasteiger charge is 2.35. The number of anilines is 1. The average Bonchev–Trinajstić information content (AvgIpc) is 2.94. The van der Waals surface area contributed by atoms with Crippen LogP contribution < -0.4 is 9.62 Å². The molecule has 0 spiro atoms. The lowest BCUT2D eigenvalue weighted by Crippen LogP contribution is -2.41.